The van der Waals surface area contributed by atoms with Crippen LogP contribution in [0.15, 0.2) is 66.2 Å². The van der Waals surface area contributed by atoms with Crippen molar-refractivity contribution in [1.29, 1.82) is 0 Å². The van der Waals surface area contributed by atoms with Crippen molar-refractivity contribution in [2.75, 3.05) is 45.2 Å². The summed E-state index contributed by atoms with van der Waals surface area (Å²) in [5, 5.41) is 11.6. The molecule has 1 fully saturated rings. The summed E-state index contributed by atoms with van der Waals surface area (Å²) < 4.78 is 16.0. The van der Waals surface area contributed by atoms with Crippen LogP contribution < -0.4 is 24.0 Å². The van der Waals surface area contributed by atoms with Gasteiger partial charge in [0.2, 0.25) is 0 Å². The second kappa shape index (κ2) is 10.4. The fraction of sp³-hybridized carbons (Fsp3) is 0.214. The molecular weight excluding hydrogens is 496 g/mol. The van der Waals surface area contributed by atoms with Crippen molar-refractivity contribution in [3.05, 3.63) is 82.4 Å². The second-order valence-electron chi connectivity index (χ2n) is 8.57. The molecular formula is C28H27ClN2O6. The number of hydrogen-bond acceptors (Lipinski definition) is 7. The van der Waals surface area contributed by atoms with Crippen molar-refractivity contribution < 1.29 is 28.9 Å². The minimum atomic E-state index is -0.949. The maximum atomic E-state index is 13.5. The van der Waals surface area contributed by atoms with Gasteiger partial charge in [0, 0.05) is 43.5 Å². The smallest absolute Gasteiger partial charge is 0.300 e. The Morgan fingerprint density at radius 2 is 1.46 bits per heavy atom. The van der Waals surface area contributed by atoms with Crippen LogP contribution in [0.3, 0.4) is 0 Å². The summed E-state index contributed by atoms with van der Waals surface area (Å²) >= 11 is 6.39. The van der Waals surface area contributed by atoms with Crippen LogP contribution in [0.1, 0.15) is 17.2 Å². The minimum Gasteiger partial charge on any atom is -0.507 e. The summed E-state index contributed by atoms with van der Waals surface area (Å²) in [6, 6.07) is 16.1. The first kappa shape index (κ1) is 25.9. The third-order valence-corrected chi connectivity index (χ3v) is 6.54. The van der Waals surface area contributed by atoms with Crippen LogP contribution in [0.25, 0.3) is 5.76 Å². The van der Waals surface area contributed by atoms with Gasteiger partial charge in [-0.25, -0.2) is 0 Å². The lowest BCUT2D eigenvalue weighted by Crippen LogP contribution is -2.29. The first-order valence-corrected chi connectivity index (χ1v) is 11.7. The van der Waals surface area contributed by atoms with Gasteiger partial charge in [-0.1, -0.05) is 23.7 Å². The average Bonchev–Trinajstić information content (AvgIpc) is 3.18. The molecule has 0 spiro atoms. The van der Waals surface area contributed by atoms with Gasteiger partial charge in [-0.05, 0) is 35.9 Å². The third-order valence-electron chi connectivity index (χ3n) is 6.21. The number of Topliss-reactive ketones (excluding diaryl/α,β-unsaturated/α-hetero) is 1. The van der Waals surface area contributed by atoms with E-state index in [1.807, 2.05) is 43.3 Å². The number of aliphatic hydroxyl groups excluding tert-OH is 1. The van der Waals surface area contributed by atoms with Gasteiger partial charge in [-0.2, -0.15) is 0 Å². The van der Waals surface area contributed by atoms with Crippen LogP contribution in [0.5, 0.6) is 17.2 Å². The number of nitrogens with zero attached hydrogens (tertiary/aromatic N) is 2. The van der Waals surface area contributed by atoms with Gasteiger partial charge in [0.15, 0.2) is 0 Å². The maximum Gasteiger partial charge on any atom is 0.300 e. The summed E-state index contributed by atoms with van der Waals surface area (Å²) in [7, 11) is 8.29. The zero-order valence-electron chi connectivity index (χ0n) is 21.1. The fourth-order valence-corrected chi connectivity index (χ4v) is 4.47. The van der Waals surface area contributed by atoms with Gasteiger partial charge in [0.05, 0.1) is 43.7 Å². The molecule has 1 unspecified atom stereocenters. The van der Waals surface area contributed by atoms with Crippen LogP contribution in [-0.2, 0) is 9.59 Å². The summed E-state index contributed by atoms with van der Waals surface area (Å²) in [6.45, 7) is 0. The number of ether oxygens (including phenoxy) is 3. The predicted molar refractivity (Wildman–Crippen MR) is 143 cm³/mol. The molecule has 0 aliphatic carbocycles. The topological polar surface area (TPSA) is 88.5 Å². The predicted octanol–water partition coefficient (Wildman–Crippen LogP) is 5.06. The number of aliphatic hydroxyl groups is 1. The van der Waals surface area contributed by atoms with Crippen molar-refractivity contribution in [1.82, 2.24) is 0 Å². The molecule has 4 rings (SSSR count). The van der Waals surface area contributed by atoms with E-state index in [1.54, 1.807) is 30.3 Å². The molecule has 9 heteroatoms. The van der Waals surface area contributed by atoms with E-state index in [9.17, 15) is 14.7 Å². The van der Waals surface area contributed by atoms with E-state index in [1.165, 1.54) is 32.3 Å². The van der Waals surface area contributed by atoms with Crippen molar-refractivity contribution in [3.8, 4) is 17.2 Å². The summed E-state index contributed by atoms with van der Waals surface area (Å²) in [4.78, 5) is 30.3. The van der Waals surface area contributed by atoms with E-state index < -0.39 is 23.5 Å². The van der Waals surface area contributed by atoms with Gasteiger partial charge in [0.25, 0.3) is 11.7 Å². The van der Waals surface area contributed by atoms with E-state index in [0.29, 0.717) is 28.5 Å². The summed E-state index contributed by atoms with van der Waals surface area (Å²) in [5.74, 6) is -0.745. The number of benzene rings is 3. The highest BCUT2D eigenvalue weighted by Crippen LogP contribution is 2.45. The van der Waals surface area contributed by atoms with Gasteiger partial charge < -0.3 is 24.2 Å². The molecule has 192 valence electrons. The molecule has 1 aliphatic rings. The van der Waals surface area contributed by atoms with Crippen molar-refractivity contribution in [2.45, 2.75) is 6.04 Å². The number of hydrogen-bond donors (Lipinski definition) is 1. The number of anilines is 2. The Bertz CT molecular complexity index is 1360. The fourth-order valence-electron chi connectivity index (χ4n) is 4.26. The van der Waals surface area contributed by atoms with E-state index in [4.69, 9.17) is 25.8 Å². The number of carbonyl (C=O) groups is 2. The first-order chi connectivity index (χ1) is 17.7. The SMILES string of the molecule is COc1cc(OC)cc(N2C(=O)C(=O)/C(=C(/O)c3cc(OC)ccc3Cl)C2c2ccc(N(C)C)cc2)c1. The van der Waals surface area contributed by atoms with Gasteiger partial charge in [0.1, 0.15) is 23.0 Å². The molecule has 3 aromatic rings. The number of rotatable bonds is 7. The standard InChI is InChI=1S/C28H27ClN2O6/c1-30(2)17-8-6-16(7-9-17)25-24(26(32)22-15-19(35-3)10-11-23(22)29)27(33)28(34)31(25)18-12-20(36-4)14-21(13-18)37-5/h6-15,25,32H,1-5H3/b26-24+. The lowest BCUT2D eigenvalue weighted by molar-refractivity contribution is -0.132. The van der Waals surface area contributed by atoms with Gasteiger partial charge >= 0.3 is 0 Å². The van der Waals surface area contributed by atoms with Crippen molar-refractivity contribution in [2.24, 2.45) is 0 Å². The molecule has 37 heavy (non-hydrogen) atoms. The largest absolute Gasteiger partial charge is 0.507 e. The average molecular weight is 523 g/mol. The number of carbonyl (C=O) groups excluding carboxylic acids is 2. The van der Waals surface area contributed by atoms with E-state index >= 15 is 0 Å². The quantitative estimate of drug-likeness (QED) is 0.263. The van der Waals surface area contributed by atoms with Gasteiger partial charge in [-0.15, -0.1) is 0 Å². The number of ketones is 1. The molecule has 0 bridgehead atoms. The molecule has 1 N–H and O–H groups in total. The minimum absolute atomic E-state index is 0.0976. The van der Waals surface area contributed by atoms with Crippen LogP contribution in [0, 0.1) is 0 Å². The number of amides is 1. The Morgan fingerprint density at radius 3 is 2.00 bits per heavy atom. The zero-order chi connectivity index (χ0) is 26.9. The lowest BCUT2D eigenvalue weighted by Gasteiger charge is -2.26. The molecule has 1 heterocycles. The Kier molecular flexibility index (Phi) is 7.31. The van der Waals surface area contributed by atoms with E-state index in [2.05, 4.69) is 0 Å². The maximum absolute atomic E-state index is 13.5. The van der Waals surface area contributed by atoms with Crippen LogP contribution >= 0.6 is 11.6 Å². The van der Waals surface area contributed by atoms with Gasteiger partial charge in [-0.3, -0.25) is 14.5 Å². The highest BCUT2D eigenvalue weighted by molar-refractivity contribution is 6.52. The zero-order valence-corrected chi connectivity index (χ0v) is 21.9. The van der Waals surface area contributed by atoms with E-state index in [-0.39, 0.29) is 16.2 Å². The molecule has 0 saturated carbocycles. The molecule has 3 aromatic carbocycles. The van der Waals surface area contributed by atoms with Crippen LogP contribution in [0.4, 0.5) is 11.4 Å². The molecule has 0 radical (unpaired) electrons. The molecule has 1 atom stereocenters. The number of methoxy groups -OCH3 is 3. The second-order valence-corrected chi connectivity index (χ2v) is 8.98. The van der Waals surface area contributed by atoms with Crippen LogP contribution in [0.2, 0.25) is 5.02 Å². The highest BCUT2D eigenvalue weighted by Gasteiger charge is 2.47. The monoisotopic (exact) mass is 522 g/mol. The molecule has 0 aromatic heterocycles. The molecule has 1 saturated heterocycles. The Hall–Kier alpha value is -4.17. The van der Waals surface area contributed by atoms with E-state index in [0.717, 1.165) is 5.69 Å². The Morgan fingerprint density at radius 1 is 0.865 bits per heavy atom. The third kappa shape index (κ3) is 4.80. The number of halogens is 1. The Labute approximate surface area is 220 Å². The van der Waals surface area contributed by atoms with Crippen molar-refractivity contribution in [3.63, 3.8) is 0 Å². The molecule has 1 amide bonds. The first-order valence-electron chi connectivity index (χ1n) is 11.4. The lowest BCUT2D eigenvalue weighted by atomic mass is 9.94. The highest BCUT2D eigenvalue weighted by atomic mass is 35.5. The summed E-state index contributed by atoms with van der Waals surface area (Å²) in [6.07, 6.45) is 0. The normalized spacial score (nSPS) is 16.6. The Balaban J connectivity index is 1.98. The molecule has 1 aliphatic heterocycles. The summed E-state index contributed by atoms with van der Waals surface area (Å²) in [5.41, 5.74) is 2.00. The molecule has 8 nitrogen and oxygen atoms in total. The van der Waals surface area contributed by atoms with Crippen molar-refractivity contribution >= 4 is 40.4 Å². The van der Waals surface area contributed by atoms with Crippen LogP contribution in [-0.4, -0.2) is 52.2 Å².